The van der Waals surface area contributed by atoms with Gasteiger partial charge in [-0.3, -0.25) is 9.79 Å². The molecule has 1 saturated heterocycles. The fourth-order valence-electron chi connectivity index (χ4n) is 2.40. The Balaban J connectivity index is 2.34. The lowest BCUT2D eigenvalue weighted by Crippen LogP contribution is -2.45. The number of rotatable bonds is 3. The van der Waals surface area contributed by atoms with Crippen molar-refractivity contribution in [3.8, 4) is 0 Å². The zero-order chi connectivity index (χ0) is 13.3. The van der Waals surface area contributed by atoms with E-state index in [2.05, 4.69) is 11.7 Å². The van der Waals surface area contributed by atoms with E-state index in [0.717, 1.165) is 16.9 Å². The SMILES string of the molecule is C=Nc1ccc(N2CCC(O)C2C(N)=O)cc1C. The summed E-state index contributed by atoms with van der Waals surface area (Å²) in [5.41, 5.74) is 8.01. The molecule has 18 heavy (non-hydrogen) atoms. The smallest absolute Gasteiger partial charge is 0.242 e. The van der Waals surface area contributed by atoms with E-state index < -0.39 is 18.1 Å². The van der Waals surface area contributed by atoms with Gasteiger partial charge < -0.3 is 15.7 Å². The van der Waals surface area contributed by atoms with Crippen LogP contribution in [0.2, 0.25) is 0 Å². The van der Waals surface area contributed by atoms with Crippen molar-refractivity contribution in [3.05, 3.63) is 23.8 Å². The first-order valence-electron chi connectivity index (χ1n) is 5.86. The Morgan fingerprint density at radius 3 is 2.89 bits per heavy atom. The Morgan fingerprint density at radius 2 is 2.33 bits per heavy atom. The van der Waals surface area contributed by atoms with E-state index in [-0.39, 0.29) is 0 Å². The van der Waals surface area contributed by atoms with Crippen molar-refractivity contribution in [1.82, 2.24) is 0 Å². The maximum atomic E-state index is 11.4. The summed E-state index contributed by atoms with van der Waals surface area (Å²) in [6.07, 6.45) is -0.145. The van der Waals surface area contributed by atoms with Crippen LogP contribution in [-0.2, 0) is 4.79 Å². The molecule has 0 radical (unpaired) electrons. The summed E-state index contributed by atoms with van der Waals surface area (Å²) >= 11 is 0. The van der Waals surface area contributed by atoms with Crippen molar-refractivity contribution in [3.63, 3.8) is 0 Å². The van der Waals surface area contributed by atoms with Crippen LogP contribution in [-0.4, -0.2) is 36.4 Å². The molecule has 1 fully saturated rings. The van der Waals surface area contributed by atoms with Gasteiger partial charge in [0.2, 0.25) is 5.91 Å². The van der Waals surface area contributed by atoms with Crippen molar-refractivity contribution in [1.29, 1.82) is 0 Å². The summed E-state index contributed by atoms with van der Waals surface area (Å²) in [7, 11) is 0. The van der Waals surface area contributed by atoms with Gasteiger partial charge >= 0.3 is 0 Å². The number of carbonyl (C=O) groups is 1. The van der Waals surface area contributed by atoms with Crippen LogP contribution in [0.5, 0.6) is 0 Å². The second-order valence-electron chi connectivity index (χ2n) is 4.53. The molecule has 1 aliphatic heterocycles. The number of aliphatic hydroxyl groups is 1. The quantitative estimate of drug-likeness (QED) is 0.774. The fourth-order valence-corrected chi connectivity index (χ4v) is 2.40. The molecule has 1 aliphatic rings. The van der Waals surface area contributed by atoms with Gasteiger partial charge in [-0.1, -0.05) is 0 Å². The van der Waals surface area contributed by atoms with Gasteiger partial charge in [0.05, 0.1) is 11.8 Å². The summed E-state index contributed by atoms with van der Waals surface area (Å²) in [6, 6.07) is 5.00. The lowest BCUT2D eigenvalue weighted by Gasteiger charge is -2.26. The van der Waals surface area contributed by atoms with E-state index in [4.69, 9.17) is 5.73 Å². The number of hydrogen-bond acceptors (Lipinski definition) is 4. The third kappa shape index (κ3) is 2.09. The molecule has 1 aromatic carbocycles. The first kappa shape index (κ1) is 12.6. The number of hydrogen-bond donors (Lipinski definition) is 2. The second-order valence-corrected chi connectivity index (χ2v) is 4.53. The van der Waals surface area contributed by atoms with Crippen molar-refractivity contribution < 1.29 is 9.90 Å². The molecule has 2 atom stereocenters. The highest BCUT2D eigenvalue weighted by Crippen LogP contribution is 2.29. The number of anilines is 1. The molecule has 96 valence electrons. The van der Waals surface area contributed by atoms with Gasteiger partial charge in [0.25, 0.3) is 0 Å². The van der Waals surface area contributed by atoms with Crippen molar-refractivity contribution in [2.45, 2.75) is 25.5 Å². The second kappa shape index (κ2) is 4.78. The number of nitrogens with zero attached hydrogens (tertiary/aromatic N) is 2. The standard InChI is InChI=1S/C13H17N3O2/c1-8-7-9(3-4-10(8)15-2)16-6-5-11(17)12(16)13(14)18/h3-4,7,11-12,17H,2,5-6H2,1H3,(H2,14,18). The first-order valence-corrected chi connectivity index (χ1v) is 5.86. The average Bonchev–Trinajstić information content (AvgIpc) is 2.71. The zero-order valence-electron chi connectivity index (χ0n) is 10.3. The first-order chi connectivity index (χ1) is 8.54. The molecule has 0 aromatic heterocycles. The molecule has 1 heterocycles. The minimum absolute atomic E-state index is 0.497. The highest BCUT2D eigenvalue weighted by molar-refractivity contribution is 5.85. The zero-order valence-corrected chi connectivity index (χ0v) is 10.3. The minimum atomic E-state index is -0.694. The molecular weight excluding hydrogens is 230 g/mol. The van der Waals surface area contributed by atoms with Gasteiger partial charge in [-0.25, -0.2) is 0 Å². The van der Waals surface area contributed by atoms with E-state index >= 15 is 0 Å². The summed E-state index contributed by atoms with van der Waals surface area (Å²) < 4.78 is 0. The fraction of sp³-hybridized carbons (Fsp3) is 0.385. The summed E-state index contributed by atoms with van der Waals surface area (Å²) in [4.78, 5) is 17.1. The average molecular weight is 247 g/mol. The number of amides is 1. The molecule has 0 spiro atoms. The van der Waals surface area contributed by atoms with Crippen LogP contribution in [0.25, 0.3) is 0 Å². The van der Waals surface area contributed by atoms with E-state index in [9.17, 15) is 9.90 Å². The van der Waals surface area contributed by atoms with Crippen molar-refractivity contribution in [2.75, 3.05) is 11.4 Å². The Bertz CT molecular complexity index is 487. The van der Waals surface area contributed by atoms with Crippen LogP contribution in [0.1, 0.15) is 12.0 Å². The van der Waals surface area contributed by atoms with Gasteiger partial charge in [-0.15, -0.1) is 0 Å². The summed E-state index contributed by atoms with van der Waals surface area (Å²) in [5.74, 6) is -0.497. The van der Waals surface area contributed by atoms with E-state index in [1.165, 1.54) is 0 Å². The van der Waals surface area contributed by atoms with Crippen LogP contribution in [0.4, 0.5) is 11.4 Å². The van der Waals surface area contributed by atoms with Crippen LogP contribution in [0.15, 0.2) is 23.2 Å². The van der Waals surface area contributed by atoms with E-state index in [1.807, 2.05) is 30.0 Å². The predicted octanol–water partition coefficient (Wildman–Crippen LogP) is 0.752. The van der Waals surface area contributed by atoms with Crippen LogP contribution >= 0.6 is 0 Å². The number of benzene rings is 1. The van der Waals surface area contributed by atoms with Gasteiger partial charge in [-0.05, 0) is 43.8 Å². The number of aliphatic imine (C=N–C) groups is 1. The topological polar surface area (TPSA) is 78.9 Å². The number of carbonyl (C=O) groups excluding carboxylic acids is 1. The molecule has 0 bridgehead atoms. The number of aryl methyl sites for hydroxylation is 1. The Hall–Kier alpha value is -1.88. The van der Waals surface area contributed by atoms with Crippen LogP contribution < -0.4 is 10.6 Å². The van der Waals surface area contributed by atoms with Crippen LogP contribution in [0.3, 0.4) is 0 Å². The maximum absolute atomic E-state index is 11.4. The Morgan fingerprint density at radius 1 is 1.61 bits per heavy atom. The summed E-state index contributed by atoms with van der Waals surface area (Å²) in [5, 5.41) is 9.79. The molecule has 0 aliphatic carbocycles. The number of primary amides is 1. The minimum Gasteiger partial charge on any atom is -0.390 e. The number of aliphatic hydroxyl groups excluding tert-OH is 1. The third-order valence-corrected chi connectivity index (χ3v) is 3.34. The van der Waals surface area contributed by atoms with Crippen LogP contribution in [0, 0.1) is 6.92 Å². The van der Waals surface area contributed by atoms with E-state index in [1.54, 1.807) is 0 Å². The van der Waals surface area contributed by atoms with Gasteiger partial charge in [0.1, 0.15) is 6.04 Å². The molecule has 5 heteroatoms. The highest BCUT2D eigenvalue weighted by atomic mass is 16.3. The molecule has 1 aromatic rings. The largest absolute Gasteiger partial charge is 0.390 e. The lowest BCUT2D eigenvalue weighted by atomic mass is 10.1. The molecular formula is C13H17N3O2. The van der Waals surface area contributed by atoms with E-state index in [0.29, 0.717) is 13.0 Å². The molecule has 2 rings (SSSR count). The van der Waals surface area contributed by atoms with Gasteiger partial charge in [0.15, 0.2) is 0 Å². The monoisotopic (exact) mass is 247 g/mol. The highest BCUT2D eigenvalue weighted by Gasteiger charge is 2.37. The molecule has 2 unspecified atom stereocenters. The van der Waals surface area contributed by atoms with Gasteiger partial charge in [0, 0.05) is 12.2 Å². The molecule has 3 N–H and O–H groups in total. The third-order valence-electron chi connectivity index (χ3n) is 3.34. The Labute approximate surface area is 106 Å². The maximum Gasteiger partial charge on any atom is 0.242 e. The Kier molecular flexibility index (Phi) is 3.34. The lowest BCUT2D eigenvalue weighted by molar-refractivity contribution is -0.120. The van der Waals surface area contributed by atoms with Gasteiger partial charge in [-0.2, -0.15) is 0 Å². The normalized spacial score (nSPS) is 23.1. The molecule has 0 saturated carbocycles. The summed E-state index contributed by atoms with van der Waals surface area (Å²) in [6.45, 7) is 6.05. The van der Waals surface area contributed by atoms with Crippen molar-refractivity contribution in [2.24, 2.45) is 10.7 Å². The number of nitrogens with two attached hydrogens (primary N) is 1. The van der Waals surface area contributed by atoms with Crippen molar-refractivity contribution >= 4 is 24.0 Å². The molecule has 1 amide bonds. The molecule has 5 nitrogen and oxygen atoms in total. The predicted molar refractivity (Wildman–Crippen MR) is 71.3 cm³/mol.